The lowest BCUT2D eigenvalue weighted by Gasteiger charge is -2.23. The van der Waals surface area contributed by atoms with Crippen molar-refractivity contribution in [2.75, 3.05) is 11.5 Å². The van der Waals surface area contributed by atoms with Crippen LogP contribution in [0.2, 0.25) is 0 Å². The van der Waals surface area contributed by atoms with Crippen molar-refractivity contribution in [3.8, 4) is 0 Å². The van der Waals surface area contributed by atoms with Gasteiger partial charge in [0.05, 0.1) is 6.04 Å². The van der Waals surface area contributed by atoms with Crippen LogP contribution in [0.25, 0.3) is 0 Å². The van der Waals surface area contributed by atoms with Gasteiger partial charge in [0.15, 0.2) is 0 Å². The van der Waals surface area contributed by atoms with Crippen LogP contribution in [0, 0.1) is 0 Å². The Hall–Kier alpha value is -6.72. The fourth-order valence-corrected chi connectivity index (χ4v) is 6.60. The molecule has 4 aromatic carbocycles. The molecule has 4 amide bonds. The van der Waals surface area contributed by atoms with E-state index in [-0.39, 0.29) is 50.8 Å². The summed E-state index contributed by atoms with van der Waals surface area (Å²) in [7, 11) is 0. The number of carbonyl (C=O) groups is 7. The highest BCUT2D eigenvalue weighted by Crippen LogP contribution is 2.13. The van der Waals surface area contributed by atoms with Crippen molar-refractivity contribution < 1.29 is 52.5 Å². The normalized spacial score (nSPS) is 13.1. The summed E-state index contributed by atoms with van der Waals surface area (Å²) in [6.45, 7) is 2.60. The van der Waals surface area contributed by atoms with Crippen molar-refractivity contribution >= 4 is 53.5 Å². The molecule has 0 spiro atoms. The quantitative estimate of drug-likeness (QED) is 0.0498. The van der Waals surface area contributed by atoms with Crippen LogP contribution in [0.1, 0.15) is 48.9 Å². The first-order valence-corrected chi connectivity index (χ1v) is 21.4. The molecule has 0 radical (unpaired) electrons. The summed E-state index contributed by atoms with van der Waals surface area (Å²) in [5.41, 5.74) is 8.60. The largest absolute Gasteiger partial charge is 0.459 e. The molecule has 0 aliphatic carbocycles. The minimum Gasteiger partial charge on any atom is -0.459 e. The van der Waals surface area contributed by atoms with Crippen LogP contribution in [0.15, 0.2) is 121 Å². The van der Waals surface area contributed by atoms with Crippen LogP contribution in [-0.2, 0) is 74.1 Å². The minimum absolute atomic E-state index is 0.0349. The molecule has 0 aromatic heterocycles. The Morgan fingerprint density at radius 3 is 1.37 bits per heavy atom. The predicted octanol–water partition coefficient (Wildman–Crippen LogP) is 3.85. The first-order chi connectivity index (χ1) is 30.4. The number of nitrogens with one attached hydrogen (secondary N) is 4. The van der Waals surface area contributed by atoms with Gasteiger partial charge in [-0.05, 0) is 42.5 Å². The number of thioether (sulfide) groups is 1. The molecule has 4 rings (SSSR count). The molecule has 0 aliphatic heterocycles. The summed E-state index contributed by atoms with van der Waals surface area (Å²) in [4.78, 5) is 92.0. The number of carbonyl (C=O) groups excluding carboxylic acids is 7. The van der Waals surface area contributed by atoms with E-state index >= 15 is 0 Å². The number of alkyl carbamates (subject to hydrolysis) is 1. The van der Waals surface area contributed by atoms with Crippen molar-refractivity contribution in [3.05, 3.63) is 144 Å². The molecule has 0 saturated heterocycles. The third-order valence-electron chi connectivity index (χ3n) is 9.07. The lowest BCUT2D eigenvalue weighted by Crippen LogP contribution is -2.53. The zero-order valence-electron chi connectivity index (χ0n) is 35.1. The molecule has 4 aromatic rings. The van der Waals surface area contributed by atoms with E-state index in [1.807, 2.05) is 18.2 Å². The van der Waals surface area contributed by atoms with Gasteiger partial charge in [0, 0.05) is 17.9 Å². The van der Waals surface area contributed by atoms with Crippen LogP contribution in [0.5, 0.6) is 0 Å². The maximum Gasteiger partial charge on any atom is 0.408 e. The summed E-state index contributed by atoms with van der Waals surface area (Å²) in [5, 5.41) is 10.3. The molecular weight excluding hydrogens is 831 g/mol. The number of ether oxygens (including phenoxy) is 4. The van der Waals surface area contributed by atoms with Crippen LogP contribution < -0.4 is 27.0 Å². The smallest absolute Gasteiger partial charge is 0.408 e. The van der Waals surface area contributed by atoms with Crippen molar-refractivity contribution in [2.24, 2.45) is 5.73 Å². The van der Waals surface area contributed by atoms with Crippen LogP contribution in [0.3, 0.4) is 0 Å². The second-order valence-electron chi connectivity index (χ2n) is 14.3. The van der Waals surface area contributed by atoms with Gasteiger partial charge in [0.1, 0.15) is 50.6 Å². The Kier molecular flexibility index (Phi) is 20.6. The molecule has 0 fully saturated rings. The molecule has 17 heteroatoms. The van der Waals surface area contributed by atoms with E-state index in [0.717, 1.165) is 22.9 Å². The molecule has 6 N–H and O–H groups in total. The van der Waals surface area contributed by atoms with E-state index in [0.29, 0.717) is 11.1 Å². The topological polar surface area (TPSA) is 231 Å². The average Bonchev–Trinajstić information content (AvgIpc) is 3.30. The monoisotopic (exact) mass is 883 g/mol. The fourth-order valence-electron chi connectivity index (χ4n) is 5.54. The lowest BCUT2D eigenvalue weighted by atomic mass is 10.1. The Labute approximate surface area is 370 Å². The molecule has 0 bridgehead atoms. The van der Waals surface area contributed by atoms with Gasteiger partial charge in [-0.2, -0.15) is 11.8 Å². The molecule has 5 atom stereocenters. The van der Waals surface area contributed by atoms with Gasteiger partial charge in [0.2, 0.25) is 17.7 Å². The number of esters is 3. The zero-order valence-corrected chi connectivity index (χ0v) is 35.9. The lowest BCUT2D eigenvalue weighted by molar-refractivity contribution is -0.149. The molecule has 0 saturated carbocycles. The molecule has 63 heavy (non-hydrogen) atoms. The van der Waals surface area contributed by atoms with Gasteiger partial charge in [-0.15, -0.1) is 0 Å². The van der Waals surface area contributed by atoms with Gasteiger partial charge < -0.3 is 45.9 Å². The molecule has 16 nitrogen and oxygen atoms in total. The Morgan fingerprint density at radius 2 is 0.905 bits per heavy atom. The van der Waals surface area contributed by atoms with E-state index in [2.05, 4.69) is 21.3 Å². The van der Waals surface area contributed by atoms with E-state index in [9.17, 15) is 33.6 Å². The van der Waals surface area contributed by atoms with Crippen molar-refractivity contribution in [1.82, 2.24) is 21.3 Å². The molecule has 0 aliphatic rings. The Morgan fingerprint density at radius 1 is 0.492 bits per heavy atom. The van der Waals surface area contributed by atoms with Crippen molar-refractivity contribution in [1.29, 1.82) is 0 Å². The van der Waals surface area contributed by atoms with Gasteiger partial charge in [0.25, 0.3) is 0 Å². The maximum atomic E-state index is 13.7. The van der Waals surface area contributed by atoms with E-state index in [1.54, 1.807) is 103 Å². The standard InChI is InChI=1S/C46H53N5O11S/c1-31(47)41(53)50-37(44(56)60-26-34-17-9-4-10-18-34)23-24-40(52)49-38(42(54)48-32(2)43(55)59-25-33-15-7-3-8-16-33)29-63-30-39(45(57)61-27-35-19-11-5-12-20-35)51-46(58)62-28-36-21-13-6-14-22-36/h3-22,31-32,37-39H,23-30,47H2,1-2H3,(H,48,54)(H,49,52)(H,50,53)(H,51,58)/t31-,32+,37+,38+,39-/m0/s1. The highest BCUT2D eigenvalue weighted by Gasteiger charge is 2.30. The number of nitrogens with two attached hydrogens (primary N) is 1. The summed E-state index contributed by atoms with van der Waals surface area (Å²) >= 11 is 1.03. The van der Waals surface area contributed by atoms with Crippen LogP contribution in [0.4, 0.5) is 4.79 Å². The number of hydrogen-bond acceptors (Lipinski definition) is 13. The Bertz CT molecular complexity index is 2080. The number of benzene rings is 4. The fraction of sp³-hybridized carbons (Fsp3) is 0.326. The van der Waals surface area contributed by atoms with Crippen molar-refractivity contribution in [2.45, 2.75) is 83.3 Å². The highest BCUT2D eigenvalue weighted by molar-refractivity contribution is 7.99. The highest BCUT2D eigenvalue weighted by atomic mass is 32.2. The average molecular weight is 884 g/mol. The summed E-state index contributed by atoms with van der Waals surface area (Å²) in [6.07, 6.45) is -1.46. The van der Waals surface area contributed by atoms with E-state index in [4.69, 9.17) is 24.7 Å². The second kappa shape index (κ2) is 26.6. The van der Waals surface area contributed by atoms with Crippen molar-refractivity contribution in [3.63, 3.8) is 0 Å². The third-order valence-corrected chi connectivity index (χ3v) is 10.2. The molecule has 0 unspecified atom stereocenters. The van der Waals surface area contributed by atoms with Gasteiger partial charge in [-0.1, -0.05) is 121 Å². The van der Waals surface area contributed by atoms with Gasteiger partial charge in [-0.25, -0.2) is 19.2 Å². The molecule has 334 valence electrons. The van der Waals surface area contributed by atoms with Crippen LogP contribution >= 0.6 is 11.8 Å². The molecular formula is C46H53N5O11S. The second-order valence-corrected chi connectivity index (χ2v) is 15.4. The molecule has 0 heterocycles. The van der Waals surface area contributed by atoms with Crippen LogP contribution in [-0.4, -0.2) is 83.4 Å². The predicted molar refractivity (Wildman–Crippen MR) is 234 cm³/mol. The summed E-state index contributed by atoms with van der Waals surface area (Å²) in [6, 6.07) is 29.8. The zero-order chi connectivity index (χ0) is 45.4. The van der Waals surface area contributed by atoms with Gasteiger partial charge >= 0.3 is 24.0 Å². The first kappa shape index (κ1) is 48.9. The Balaban J connectivity index is 1.45. The number of amides is 4. The minimum atomic E-state index is -1.31. The number of hydrogen-bond donors (Lipinski definition) is 5. The van der Waals surface area contributed by atoms with E-state index in [1.165, 1.54) is 13.8 Å². The summed E-state index contributed by atoms with van der Waals surface area (Å²) < 4.78 is 21.7. The third kappa shape index (κ3) is 18.4. The maximum absolute atomic E-state index is 13.7. The van der Waals surface area contributed by atoms with E-state index < -0.39 is 71.9 Å². The number of rotatable bonds is 24. The summed E-state index contributed by atoms with van der Waals surface area (Å²) in [5.74, 6) is -4.68. The SMILES string of the molecule is C[C@H](N)C(=O)N[C@H](CCC(=O)N[C@H](CSC[C@H](NC(=O)OCc1ccccc1)C(=O)OCc1ccccc1)C(=O)N[C@H](C)C(=O)OCc1ccccc1)C(=O)OCc1ccccc1. The van der Waals surface area contributed by atoms with Gasteiger partial charge in [-0.3, -0.25) is 14.4 Å². The first-order valence-electron chi connectivity index (χ1n) is 20.2.